The molecule has 0 bridgehead atoms. The number of nitrogens with two attached hydrogens (primary N) is 1. The first-order chi connectivity index (χ1) is 8.59. The molecule has 1 aliphatic heterocycles. The van der Waals surface area contributed by atoms with E-state index in [1.165, 1.54) is 0 Å². The molecule has 1 rings (SSSR count). The van der Waals surface area contributed by atoms with Crippen molar-refractivity contribution in [1.29, 1.82) is 0 Å². The van der Waals surface area contributed by atoms with Gasteiger partial charge in [0, 0.05) is 19.6 Å². The van der Waals surface area contributed by atoms with Crippen molar-refractivity contribution in [2.24, 2.45) is 22.5 Å². The highest BCUT2D eigenvalue weighted by atomic mass is 16.4. The number of hydrogen-bond donors (Lipinski definition) is 2. The number of carbonyl (C=O) groups is 2. The Morgan fingerprint density at radius 1 is 1.42 bits per heavy atom. The first kappa shape index (κ1) is 16.0. The largest absolute Gasteiger partial charge is 0.481 e. The average molecular weight is 270 g/mol. The Bertz CT molecular complexity index is 362. The monoisotopic (exact) mass is 270 g/mol. The molecule has 0 aromatic heterocycles. The van der Waals surface area contributed by atoms with E-state index in [1.54, 1.807) is 11.8 Å². The molecule has 5 nitrogen and oxygen atoms in total. The van der Waals surface area contributed by atoms with Gasteiger partial charge in [0.05, 0.1) is 11.3 Å². The van der Waals surface area contributed by atoms with Crippen molar-refractivity contribution in [3.63, 3.8) is 0 Å². The van der Waals surface area contributed by atoms with Crippen molar-refractivity contribution in [2.75, 3.05) is 19.6 Å². The van der Waals surface area contributed by atoms with Crippen LogP contribution in [0.5, 0.6) is 0 Å². The zero-order chi connectivity index (χ0) is 14.8. The van der Waals surface area contributed by atoms with Gasteiger partial charge in [0.2, 0.25) is 5.91 Å². The number of likely N-dealkylation sites (tertiary alicyclic amines) is 1. The minimum absolute atomic E-state index is 0.00222. The van der Waals surface area contributed by atoms with E-state index in [1.807, 2.05) is 0 Å². The van der Waals surface area contributed by atoms with E-state index in [4.69, 9.17) is 5.73 Å². The molecule has 0 radical (unpaired) electrons. The molecule has 3 N–H and O–H groups in total. The van der Waals surface area contributed by atoms with Crippen molar-refractivity contribution in [2.45, 2.75) is 40.5 Å². The Kier molecular flexibility index (Phi) is 4.61. The molecule has 19 heavy (non-hydrogen) atoms. The lowest BCUT2D eigenvalue weighted by molar-refractivity contribution is -0.147. The van der Waals surface area contributed by atoms with E-state index in [0.29, 0.717) is 26.1 Å². The van der Waals surface area contributed by atoms with Crippen molar-refractivity contribution < 1.29 is 14.7 Å². The summed E-state index contributed by atoms with van der Waals surface area (Å²) in [5, 5.41) is 9.19. The molecule has 0 spiro atoms. The van der Waals surface area contributed by atoms with E-state index in [0.717, 1.165) is 6.42 Å². The summed E-state index contributed by atoms with van der Waals surface area (Å²) in [6, 6.07) is 0. The van der Waals surface area contributed by atoms with Gasteiger partial charge < -0.3 is 15.7 Å². The van der Waals surface area contributed by atoms with E-state index >= 15 is 0 Å². The lowest BCUT2D eigenvalue weighted by Crippen LogP contribution is -2.41. The Labute approximate surface area is 115 Å². The first-order valence-corrected chi connectivity index (χ1v) is 6.81. The van der Waals surface area contributed by atoms with Gasteiger partial charge in [-0.1, -0.05) is 20.8 Å². The van der Waals surface area contributed by atoms with E-state index in [-0.39, 0.29) is 17.2 Å². The number of hydrogen-bond acceptors (Lipinski definition) is 3. The van der Waals surface area contributed by atoms with Gasteiger partial charge in [0.15, 0.2) is 0 Å². The molecule has 0 saturated carbocycles. The van der Waals surface area contributed by atoms with Crippen LogP contribution in [0.1, 0.15) is 40.5 Å². The second-order valence-electron chi connectivity index (χ2n) is 7.07. The number of carbonyl (C=O) groups excluding carboxylic acids is 1. The van der Waals surface area contributed by atoms with Gasteiger partial charge >= 0.3 is 5.97 Å². The fourth-order valence-electron chi connectivity index (χ4n) is 2.59. The number of amides is 1. The standard InChI is InChI=1S/C14H26N2O3/c1-13(2,3)7-10(8-15)11(17)16-6-5-14(4,9-16)12(18)19/h10H,5-9,15H2,1-4H3,(H,18,19). The molecule has 1 amide bonds. The first-order valence-electron chi connectivity index (χ1n) is 6.81. The predicted octanol–water partition coefficient (Wildman–Crippen LogP) is 1.32. The maximum Gasteiger partial charge on any atom is 0.311 e. The molecular weight excluding hydrogens is 244 g/mol. The number of aliphatic carboxylic acids is 1. The van der Waals surface area contributed by atoms with Gasteiger partial charge in [0.1, 0.15) is 0 Å². The van der Waals surface area contributed by atoms with Gasteiger partial charge in [0.25, 0.3) is 0 Å². The zero-order valence-corrected chi connectivity index (χ0v) is 12.4. The minimum atomic E-state index is -0.831. The lowest BCUT2D eigenvalue weighted by Gasteiger charge is -2.28. The average Bonchev–Trinajstić information content (AvgIpc) is 2.68. The van der Waals surface area contributed by atoms with Crippen molar-refractivity contribution >= 4 is 11.9 Å². The van der Waals surface area contributed by atoms with Crippen LogP contribution in [0.15, 0.2) is 0 Å². The zero-order valence-electron chi connectivity index (χ0n) is 12.4. The number of carboxylic acids is 1. The molecule has 5 heteroatoms. The van der Waals surface area contributed by atoms with Crippen LogP contribution in [0.25, 0.3) is 0 Å². The fourth-order valence-corrected chi connectivity index (χ4v) is 2.59. The van der Waals surface area contributed by atoms with E-state index in [9.17, 15) is 14.7 Å². The Balaban J connectivity index is 2.71. The third-order valence-electron chi connectivity index (χ3n) is 3.79. The molecule has 110 valence electrons. The van der Waals surface area contributed by atoms with Gasteiger partial charge in [-0.15, -0.1) is 0 Å². The molecule has 0 aromatic carbocycles. The molecule has 1 aliphatic rings. The summed E-state index contributed by atoms with van der Waals surface area (Å²) in [6.45, 7) is 9.06. The van der Waals surface area contributed by atoms with Crippen molar-refractivity contribution in [1.82, 2.24) is 4.90 Å². The maximum absolute atomic E-state index is 12.4. The van der Waals surface area contributed by atoms with Crippen LogP contribution in [0.3, 0.4) is 0 Å². The van der Waals surface area contributed by atoms with Gasteiger partial charge in [-0.3, -0.25) is 9.59 Å². The normalized spacial score (nSPS) is 25.4. The van der Waals surface area contributed by atoms with Crippen LogP contribution in [0.4, 0.5) is 0 Å². The number of nitrogens with zero attached hydrogens (tertiary/aromatic N) is 1. The molecule has 0 aliphatic carbocycles. The third kappa shape index (κ3) is 3.93. The van der Waals surface area contributed by atoms with Crippen molar-refractivity contribution in [3.05, 3.63) is 0 Å². The minimum Gasteiger partial charge on any atom is -0.481 e. The molecular formula is C14H26N2O3. The summed E-state index contributed by atoms with van der Waals surface area (Å²) in [6.07, 6.45) is 1.24. The summed E-state index contributed by atoms with van der Waals surface area (Å²) in [5.41, 5.74) is 4.94. The number of carboxylic acid groups (broad SMARTS) is 1. The summed E-state index contributed by atoms with van der Waals surface area (Å²) >= 11 is 0. The topological polar surface area (TPSA) is 83.6 Å². The molecule has 1 saturated heterocycles. The predicted molar refractivity (Wildman–Crippen MR) is 73.6 cm³/mol. The van der Waals surface area contributed by atoms with Gasteiger partial charge in [-0.05, 0) is 25.2 Å². The molecule has 1 fully saturated rings. The lowest BCUT2D eigenvalue weighted by atomic mass is 9.84. The highest BCUT2D eigenvalue weighted by Crippen LogP contribution is 2.32. The highest BCUT2D eigenvalue weighted by molar-refractivity contribution is 5.82. The third-order valence-corrected chi connectivity index (χ3v) is 3.79. The van der Waals surface area contributed by atoms with E-state index in [2.05, 4.69) is 20.8 Å². The van der Waals surface area contributed by atoms with Crippen LogP contribution in [0, 0.1) is 16.7 Å². The van der Waals surface area contributed by atoms with Crippen LogP contribution >= 0.6 is 0 Å². The SMILES string of the molecule is CC(C)(C)CC(CN)C(=O)N1CCC(C)(C(=O)O)C1. The highest BCUT2D eigenvalue weighted by Gasteiger charge is 2.43. The molecule has 2 atom stereocenters. The molecule has 0 aromatic rings. The number of rotatable bonds is 4. The van der Waals surface area contributed by atoms with Gasteiger partial charge in [-0.2, -0.15) is 0 Å². The Morgan fingerprint density at radius 2 is 2.00 bits per heavy atom. The molecule has 1 heterocycles. The second-order valence-corrected chi connectivity index (χ2v) is 7.07. The van der Waals surface area contributed by atoms with Crippen molar-refractivity contribution in [3.8, 4) is 0 Å². The maximum atomic E-state index is 12.4. The summed E-state index contributed by atoms with van der Waals surface area (Å²) in [4.78, 5) is 25.3. The van der Waals surface area contributed by atoms with Crippen LogP contribution < -0.4 is 5.73 Å². The van der Waals surface area contributed by atoms with E-state index < -0.39 is 11.4 Å². The quantitative estimate of drug-likeness (QED) is 0.807. The van der Waals surface area contributed by atoms with Crippen LogP contribution in [-0.4, -0.2) is 41.5 Å². The fraction of sp³-hybridized carbons (Fsp3) is 0.857. The van der Waals surface area contributed by atoms with Crippen LogP contribution in [0.2, 0.25) is 0 Å². The summed E-state index contributed by atoms with van der Waals surface area (Å²) in [7, 11) is 0. The Morgan fingerprint density at radius 3 is 2.37 bits per heavy atom. The summed E-state index contributed by atoms with van der Waals surface area (Å²) < 4.78 is 0. The van der Waals surface area contributed by atoms with Crippen LogP contribution in [-0.2, 0) is 9.59 Å². The Hall–Kier alpha value is -1.10. The summed E-state index contributed by atoms with van der Waals surface area (Å²) in [5.74, 6) is -1.04. The molecule has 2 unspecified atom stereocenters. The van der Waals surface area contributed by atoms with Gasteiger partial charge in [-0.25, -0.2) is 0 Å². The second kappa shape index (κ2) is 5.49. The smallest absolute Gasteiger partial charge is 0.311 e.